The lowest BCUT2D eigenvalue weighted by Gasteiger charge is -2.24. The maximum absolute atomic E-state index is 12.4. The fourth-order valence-electron chi connectivity index (χ4n) is 4.71. The molecule has 1 aliphatic heterocycles. The molecular weight excluding hydrogens is 860 g/mol. The predicted molar refractivity (Wildman–Crippen MR) is 239 cm³/mol. The molecule has 0 bridgehead atoms. The summed E-state index contributed by atoms with van der Waals surface area (Å²) < 4.78 is 46.1. The number of nitrogens with one attached hydrogen (secondary N) is 2. The number of thiocyanates is 1. The number of carbonyl (C=O) groups excluding carboxylic acids is 3. The lowest BCUT2D eigenvalue weighted by atomic mass is 9.71. The van der Waals surface area contributed by atoms with E-state index in [4.69, 9.17) is 48.9 Å². The van der Waals surface area contributed by atoms with Crippen molar-refractivity contribution >= 4 is 80.2 Å². The van der Waals surface area contributed by atoms with Crippen molar-refractivity contribution in [3.63, 3.8) is 0 Å². The van der Waals surface area contributed by atoms with Gasteiger partial charge >= 0.3 is 6.16 Å². The van der Waals surface area contributed by atoms with E-state index in [2.05, 4.69) is 55.0 Å². The molecule has 1 aliphatic rings. The molecule has 1 fully saturated rings. The van der Waals surface area contributed by atoms with Gasteiger partial charge in [-0.3, -0.25) is 9.59 Å². The van der Waals surface area contributed by atoms with Crippen LogP contribution in [0.5, 0.6) is 5.75 Å². The zero-order chi connectivity index (χ0) is 43.3. The minimum Gasteiger partial charge on any atom is -0.490 e. The second kappa shape index (κ2) is 31.3. The number of hydrogen-bond donors (Lipinski definition) is 3. The average molecular weight is 915 g/mol. The minimum atomic E-state index is -0.887. The maximum Gasteiger partial charge on any atom is 0.509 e. The first-order chi connectivity index (χ1) is 28.4. The van der Waals surface area contributed by atoms with Crippen LogP contribution < -0.4 is 21.1 Å². The first kappa shape index (κ1) is 52.6. The molecule has 326 valence electrons. The molecule has 1 aromatic rings. The van der Waals surface area contributed by atoms with Crippen LogP contribution >= 0.6 is 54.9 Å². The van der Waals surface area contributed by atoms with Crippen molar-refractivity contribution in [1.82, 2.24) is 10.6 Å². The molecule has 0 aliphatic carbocycles. The lowest BCUT2D eigenvalue weighted by molar-refractivity contribution is -0.126. The van der Waals surface area contributed by atoms with E-state index in [0.29, 0.717) is 38.1 Å². The summed E-state index contributed by atoms with van der Waals surface area (Å²) in [7, 11) is 6.46. The van der Waals surface area contributed by atoms with E-state index in [0.717, 1.165) is 11.8 Å². The zero-order valence-electron chi connectivity index (χ0n) is 34.3. The van der Waals surface area contributed by atoms with Gasteiger partial charge in [0, 0.05) is 29.4 Å². The van der Waals surface area contributed by atoms with Crippen LogP contribution in [0.25, 0.3) is 0 Å². The van der Waals surface area contributed by atoms with E-state index >= 15 is 0 Å². The molecule has 2 rings (SSSR count). The summed E-state index contributed by atoms with van der Waals surface area (Å²) in [5.41, 5.74) is 5.11. The number of nitrogens with zero attached hydrogens (tertiary/aromatic N) is 1. The normalized spacial score (nSPS) is 17.4. The predicted octanol–water partition coefficient (Wildman–Crippen LogP) is 4.40. The second-order valence-electron chi connectivity index (χ2n) is 13.2. The van der Waals surface area contributed by atoms with Crippen molar-refractivity contribution in [2.75, 3.05) is 71.5 Å². The molecule has 0 saturated carbocycles. The van der Waals surface area contributed by atoms with Crippen molar-refractivity contribution in [2.45, 2.75) is 81.0 Å². The van der Waals surface area contributed by atoms with Crippen LogP contribution in [0.15, 0.2) is 24.3 Å². The molecular formula is C38H55BN4O11S5. The Kier molecular flexibility index (Phi) is 27.9. The van der Waals surface area contributed by atoms with Gasteiger partial charge in [-0.2, -0.15) is 11.1 Å². The fraction of sp³-hybridized carbons (Fsp3) is 0.632. The van der Waals surface area contributed by atoms with Gasteiger partial charge in [-0.1, -0.05) is 81.9 Å². The Morgan fingerprint density at radius 2 is 1.92 bits per heavy atom. The SMILES string of the molecule is CC#CC(C)OCC1O[C@@H](BC#CCNC(=O)COCCOC(COc2cccc(C(=O)NCCN)c2)SSC(C)(C)C)C[C@H]1O[C@H](COC(=O)OCSC#N)SSC. The van der Waals surface area contributed by atoms with E-state index < -0.39 is 17.7 Å². The highest BCUT2D eigenvalue weighted by atomic mass is 33.1. The van der Waals surface area contributed by atoms with E-state index in [1.807, 2.05) is 18.6 Å². The number of nitrogens with two attached hydrogens (primary N) is 1. The van der Waals surface area contributed by atoms with Gasteiger partial charge in [0.25, 0.3) is 5.91 Å². The summed E-state index contributed by atoms with van der Waals surface area (Å²) in [6.07, 6.45) is 0.440. The van der Waals surface area contributed by atoms with Crippen molar-refractivity contribution < 1.29 is 52.3 Å². The van der Waals surface area contributed by atoms with E-state index in [1.54, 1.807) is 52.8 Å². The summed E-state index contributed by atoms with van der Waals surface area (Å²) in [5, 5.41) is 15.9. The van der Waals surface area contributed by atoms with Gasteiger partial charge in [-0.05, 0) is 56.5 Å². The molecule has 0 aromatic heterocycles. The summed E-state index contributed by atoms with van der Waals surface area (Å²) in [6.45, 7) is 11.5. The van der Waals surface area contributed by atoms with Crippen molar-refractivity contribution in [1.29, 1.82) is 5.26 Å². The zero-order valence-corrected chi connectivity index (χ0v) is 38.4. The Morgan fingerprint density at radius 1 is 1.10 bits per heavy atom. The van der Waals surface area contributed by atoms with Crippen LogP contribution in [0.1, 0.15) is 51.4 Å². The Labute approximate surface area is 369 Å². The van der Waals surface area contributed by atoms with Gasteiger partial charge in [0.2, 0.25) is 13.2 Å². The lowest BCUT2D eigenvalue weighted by Crippen LogP contribution is -2.34. The summed E-state index contributed by atoms with van der Waals surface area (Å²) in [6, 6.07) is 6.66. The molecule has 6 atom stereocenters. The first-order valence-electron chi connectivity index (χ1n) is 18.7. The standard InChI is InChI=1S/C38H55BN4O11S5/c1-7-10-27(2)49-21-31-30(54-35(57-55-6)24-51-37(46)52-26-56-25-41)20-32(53-31)39-13-9-15-42-33(44)22-47-17-18-48-34(58-59-38(3,4)5)23-50-29-12-8-11-28(19-29)36(45)43-16-14-40/h8,11-12,19,27,30-32,34-35,39H,14-18,20-24,26,40H2,1-6H3,(H,42,44)(H,43,45)/t27?,30-,31?,32-,34?,35+/m1/s1. The highest BCUT2D eigenvalue weighted by Crippen LogP contribution is 2.38. The molecule has 0 spiro atoms. The fourth-order valence-corrected chi connectivity index (χ4v) is 8.58. The van der Waals surface area contributed by atoms with Crippen LogP contribution in [0, 0.1) is 34.2 Å². The third-order valence-electron chi connectivity index (χ3n) is 7.21. The number of carbonyl (C=O) groups is 3. The van der Waals surface area contributed by atoms with Gasteiger partial charge in [-0.15, -0.1) is 5.92 Å². The summed E-state index contributed by atoms with van der Waals surface area (Å²) in [5.74, 6) is 11.7. The van der Waals surface area contributed by atoms with Crippen LogP contribution in [0.3, 0.4) is 0 Å². The highest BCUT2D eigenvalue weighted by molar-refractivity contribution is 8.77. The monoisotopic (exact) mass is 914 g/mol. The van der Waals surface area contributed by atoms with Crippen LogP contribution in [-0.2, 0) is 38.0 Å². The molecule has 59 heavy (non-hydrogen) atoms. The van der Waals surface area contributed by atoms with Crippen molar-refractivity contribution in [3.05, 3.63) is 29.8 Å². The second-order valence-corrected chi connectivity index (χ2v) is 19.7. The molecule has 15 nitrogen and oxygen atoms in total. The highest BCUT2D eigenvalue weighted by Gasteiger charge is 2.38. The van der Waals surface area contributed by atoms with E-state index in [1.165, 1.54) is 21.6 Å². The molecule has 3 unspecified atom stereocenters. The van der Waals surface area contributed by atoms with E-state index in [-0.39, 0.29) is 92.3 Å². The Bertz CT molecular complexity index is 1580. The van der Waals surface area contributed by atoms with Crippen LogP contribution in [0.2, 0.25) is 0 Å². The van der Waals surface area contributed by atoms with Crippen molar-refractivity contribution in [2.24, 2.45) is 5.73 Å². The smallest absolute Gasteiger partial charge is 0.490 e. The minimum absolute atomic E-state index is 0.0160. The topological polar surface area (TPSA) is 199 Å². The Hall–Kier alpha value is -2.59. The first-order valence-corrected chi connectivity index (χ1v) is 24.5. The number of amides is 2. The molecule has 0 radical (unpaired) electrons. The van der Waals surface area contributed by atoms with Crippen molar-refractivity contribution in [3.8, 4) is 34.7 Å². The number of hydrogen-bond acceptors (Lipinski definition) is 18. The van der Waals surface area contributed by atoms with E-state index in [9.17, 15) is 14.4 Å². The number of ether oxygens (including phenoxy) is 8. The van der Waals surface area contributed by atoms with Crippen LogP contribution in [0.4, 0.5) is 4.79 Å². The third kappa shape index (κ3) is 25.1. The number of nitriles is 1. The molecule has 1 saturated heterocycles. The largest absolute Gasteiger partial charge is 0.509 e. The third-order valence-corrected chi connectivity index (χ3v) is 13.0. The quantitative estimate of drug-likeness (QED) is 0.0213. The van der Waals surface area contributed by atoms with Gasteiger partial charge in [-0.25, -0.2) is 4.79 Å². The van der Waals surface area contributed by atoms with Gasteiger partial charge in [0.15, 0.2) is 5.94 Å². The Morgan fingerprint density at radius 3 is 2.64 bits per heavy atom. The number of rotatable bonds is 27. The van der Waals surface area contributed by atoms with Gasteiger partial charge in [0.05, 0.1) is 32.5 Å². The molecule has 2 amide bonds. The molecule has 21 heteroatoms. The van der Waals surface area contributed by atoms with Crippen LogP contribution in [-0.4, -0.2) is 137 Å². The average Bonchev–Trinajstić information content (AvgIpc) is 3.59. The Balaban J connectivity index is 1.80. The maximum atomic E-state index is 12.4. The van der Waals surface area contributed by atoms with Gasteiger partial charge in [0.1, 0.15) is 54.1 Å². The summed E-state index contributed by atoms with van der Waals surface area (Å²) in [4.78, 5) is 36.6. The number of thioether (sulfide) groups is 1. The summed E-state index contributed by atoms with van der Waals surface area (Å²) >= 11 is 0.786. The number of benzene rings is 1. The van der Waals surface area contributed by atoms with Gasteiger partial charge < -0.3 is 54.3 Å². The molecule has 1 aromatic carbocycles. The molecule has 1 heterocycles. The molecule has 4 N–H and O–H groups in total.